The number of aromatic nitrogens is 1. The number of nitrogens with zero attached hydrogens (tertiary/aromatic N) is 3. The van der Waals surface area contributed by atoms with Crippen molar-refractivity contribution in [2.45, 2.75) is 6.42 Å². The minimum Gasteiger partial charge on any atom is -0.497 e. The number of amides is 1. The molecule has 1 fully saturated rings. The number of carbonyl (C=O) groups is 1. The number of carbonyl (C=O) groups excluding carboxylic acids is 1. The van der Waals surface area contributed by atoms with Crippen LogP contribution in [0.1, 0.15) is 6.42 Å². The van der Waals surface area contributed by atoms with Gasteiger partial charge >= 0.3 is 0 Å². The second kappa shape index (κ2) is 6.40. The van der Waals surface area contributed by atoms with E-state index >= 15 is 0 Å². The Bertz CT molecular complexity index is 733. The van der Waals surface area contributed by atoms with Gasteiger partial charge in [0.05, 0.1) is 13.0 Å². The van der Waals surface area contributed by atoms with Crippen molar-refractivity contribution < 1.29 is 14.1 Å². The predicted octanol–water partition coefficient (Wildman–Crippen LogP) is 2.09. The quantitative estimate of drug-likeness (QED) is 0.869. The lowest BCUT2D eigenvalue weighted by Crippen LogP contribution is -2.25. The molecule has 1 aromatic heterocycles. The predicted molar refractivity (Wildman–Crippen MR) is 82.4 cm³/mol. The molecule has 1 aliphatic heterocycles. The molecule has 7 nitrogen and oxygen atoms in total. The molecular formula is C16H16N4O3. The fraction of sp³-hybridized carbons (Fsp3) is 0.312. The van der Waals surface area contributed by atoms with E-state index in [0.717, 1.165) is 11.3 Å². The van der Waals surface area contributed by atoms with Crippen molar-refractivity contribution in [1.29, 1.82) is 5.26 Å². The van der Waals surface area contributed by atoms with Crippen LogP contribution in [0.15, 0.2) is 34.9 Å². The summed E-state index contributed by atoms with van der Waals surface area (Å²) in [5.74, 6) is 0.703. The Balaban J connectivity index is 1.65. The normalized spacial score (nSPS) is 16.9. The number of anilines is 1. The SMILES string of the molecule is COc1ccc(-c2cc(NC(=O)C3CCN(C#N)C3)on2)cc1. The lowest BCUT2D eigenvalue weighted by atomic mass is 10.1. The van der Waals surface area contributed by atoms with Crippen LogP contribution in [0.25, 0.3) is 11.3 Å². The molecule has 7 heteroatoms. The average molecular weight is 312 g/mol. The summed E-state index contributed by atoms with van der Waals surface area (Å²) >= 11 is 0. The third-order valence-corrected chi connectivity index (χ3v) is 3.84. The zero-order valence-corrected chi connectivity index (χ0v) is 12.7. The lowest BCUT2D eigenvalue weighted by molar-refractivity contribution is -0.119. The number of nitriles is 1. The Morgan fingerprint density at radius 3 is 2.91 bits per heavy atom. The van der Waals surface area contributed by atoms with Crippen molar-refractivity contribution in [3.05, 3.63) is 30.3 Å². The van der Waals surface area contributed by atoms with E-state index in [0.29, 0.717) is 31.1 Å². The molecule has 0 radical (unpaired) electrons. The second-order valence-electron chi connectivity index (χ2n) is 5.33. The number of hydrogen-bond donors (Lipinski definition) is 1. The van der Waals surface area contributed by atoms with Crippen molar-refractivity contribution >= 4 is 11.8 Å². The zero-order chi connectivity index (χ0) is 16.2. The highest BCUT2D eigenvalue weighted by molar-refractivity contribution is 5.92. The van der Waals surface area contributed by atoms with Crippen molar-refractivity contribution in [3.63, 3.8) is 0 Å². The number of likely N-dealkylation sites (tertiary alicyclic amines) is 1. The molecule has 1 amide bonds. The summed E-state index contributed by atoms with van der Waals surface area (Å²) in [4.78, 5) is 13.7. The molecule has 1 aliphatic rings. The van der Waals surface area contributed by atoms with Crippen LogP contribution >= 0.6 is 0 Å². The molecule has 3 rings (SSSR count). The van der Waals surface area contributed by atoms with Crippen LogP contribution in [-0.4, -0.2) is 36.2 Å². The Morgan fingerprint density at radius 1 is 1.48 bits per heavy atom. The maximum absolute atomic E-state index is 12.2. The average Bonchev–Trinajstić information content (AvgIpc) is 3.24. The van der Waals surface area contributed by atoms with Crippen LogP contribution in [0.2, 0.25) is 0 Å². The van der Waals surface area contributed by atoms with Crippen LogP contribution in [0.5, 0.6) is 5.75 Å². The van der Waals surface area contributed by atoms with Gasteiger partial charge in [0, 0.05) is 24.7 Å². The number of benzene rings is 1. The van der Waals surface area contributed by atoms with Gasteiger partial charge in [-0.05, 0) is 30.7 Å². The van der Waals surface area contributed by atoms with Crippen LogP contribution < -0.4 is 10.1 Å². The molecule has 0 saturated carbocycles. The van der Waals surface area contributed by atoms with Crippen molar-refractivity contribution in [2.75, 3.05) is 25.5 Å². The van der Waals surface area contributed by atoms with Gasteiger partial charge in [-0.2, -0.15) is 5.26 Å². The van der Waals surface area contributed by atoms with Gasteiger partial charge in [-0.3, -0.25) is 10.1 Å². The van der Waals surface area contributed by atoms with Crippen LogP contribution in [-0.2, 0) is 4.79 Å². The largest absolute Gasteiger partial charge is 0.497 e. The first kappa shape index (κ1) is 14.9. The molecule has 0 spiro atoms. The Labute approximate surface area is 133 Å². The Kier molecular flexibility index (Phi) is 4.15. The Morgan fingerprint density at radius 2 is 2.26 bits per heavy atom. The molecule has 23 heavy (non-hydrogen) atoms. The van der Waals surface area contributed by atoms with Crippen LogP contribution in [0.4, 0.5) is 5.88 Å². The number of rotatable bonds is 4. The summed E-state index contributed by atoms with van der Waals surface area (Å²) in [7, 11) is 1.61. The van der Waals surface area contributed by atoms with E-state index in [9.17, 15) is 4.79 Å². The Hall–Kier alpha value is -3.01. The highest BCUT2D eigenvalue weighted by atomic mass is 16.5. The highest BCUT2D eigenvalue weighted by Gasteiger charge is 2.28. The fourth-order valence-electron chi connectivity index (χ4n) is 2.52. The minimum atomic E-state index is -0.204. The first-order valence-electron chi connectivity index (χ1n) is 7.26. The van der Waals surface area contributed by atoms with Gasteiger partial charge in [-0.15, -0.1) is 0 Å². The van der Waals surface area contributed by atoms with E-state index in [1.54, 1.807) is 18.1 Å². The number of nitrogens with one attached hydrogen (secondary N) is 1. The molecule has 1 saturated heterocycles. The first-order chi connectivity index (χ1) is 11.2. The summed E-state index contributed by atoms with van der Waals surface area (Å²) in [6, 6.07) is 9.07. The highest BCUT2D eigenvalue weighted by Crippen LogP contribution is 2.25. The van der Waals surface area contributed by atoms with Gasteiger partial charge in [0.1, 0.15) is 11.4 Å². The van der Waals surface area contributed by atoms with Gasteiger partial charge in [0.25, 0.3) is 0 Å². The van der Waals surface area contributed by atoms with Crippen molar-refractivity contribution in [3.8, 4) is 23.2 Å². The summed E-state index contributed by atoms with van der Waals surface area (Å²) in [6.07, 6.45) is 2.72. The lowest BCUT2D eigenvalue weighted by Gasteiger charge is -2.08. The van der Waals surface area contributed by atoms with E-state index in [-0.39, 0.29) is 11.8 Å². The number of methoxy groups -OCH3 is 1. The molecule has 0 bridgehead atoms. The maximum Gasteiger partial charge on any atom is 0.231 e. The summed E-state index contributed by atoms with van der Waals surface area (Å²) in [5, 5.41) is 15.5. The van der Waals surface area contributed by atoms with Crippen molar-refractivity contribution in [1.82, 2.24) is 10.1 Å². The third kappa shape index (κ3) is 3.26. The summed E-state index contributed by atoms with van der Waals surface area (Å²) in [5.41, 5.74) is 1.50. The van der Waals surface area contributed by atoms with E-state index in [1.807, 2.05) is 24.3 Å². The number of hydrogen-bond acceptors (Lipinski definition) is 6. The molecule has 1 aromatic carbocycles. The van der Waals surface area contributed by atoms with E-state index < -0.39 is 0 Å². The second-order valence-corrected chi connectivity index (χ2v) is 5.33. The van der Waals surface area contributed by atoms with Gasteiger partial charge in [-0.1, -0.05) is 5.16 Å². The van der Waals surface area contributed by atoms with Gasteiger partial charge in [-0.25, -0.2) is 0 Å². The molecule has 1 atom stereocenters. The molecule has 1 N–H and O–H groups in total. The van der Waals surface area contributed by atoms with E-state index in [1.165, 1.54) is 0 Å². The van der Waals surface area contributed by atoms with Crippen LogP contribution in [0, 0.1) is 17.4 Å². The molecule has 118 valence electrons. The minimum absolute atomic E-state index is 0.153. The fourth-order valence-corrected chi connectivity index (χ4v) is 2.52. The summed E-state index contributed by atoms with van der Waals surface area (Å²) in [6.45, 7) is 1.06. The zero-order valence-electron chi connectivity index (χ0n) is 12.7. The maximum atomic E-state index is 12.2. The molecule has 2 heterocycles. The number of ether oxygens (including phenoxy) is 1. The monoisotopic (exact) mass is 312 g/mol. The molecule has 0 aliphatic carbocycles. The molecule has 1 unspecified atom stereocenters. The topological polar surface area (TPSA) is 91.4 Å². The molecule has 2 aromatic rings. The van der Waals surface area contributed by atoms with Gasteiger partial charge in [0.15, 0.2) is 6.19 Å². The van der Waals surface area contributed by atoms with Crippen LogP contribution in [0.3, 0.4) is 0 Å². The standard InChI is InChI=1S/C16H16N4O3/c1-22-13-4-2-11(3-5-13)14-8-15(23-19-14)18-16(21)12-6-7-20(9-12)10-17/h2-5,8,12H,6-7,9H2,1H3,(H,18,21). The van der Waals surface area contributed by atoms with E-state index in [2.05, 4.69) is 16.7 Å². The third-order valence-electron chi connectivity index (χ3n) is 3.84. The van der Waals surface area contributed by atoms with Gasteiger partial charge < -0.3 is 14.2 Å². The first-order valence-corrected chi connectivity index (χ1v) is 7.26. The smallest absolute Gasteiger partial charge is 0.231 e. The van der Waals surface area contributed by atoms with Crippen molar-refractivity contribution in [2.24, 2.45) is 5.92 Å². The van der Waals surface area contributed by atoms with E-state index in [4.69, 9.17) is 14.5 Å². The molecular weight excluding hydrogens is 296 g/mol. The summed E-state index contributed by atoms with van der Waals surface area (Å²) < 4.78 is 10.3. The van der Waals surface area contributed by atoms with Gasteiger partial charge in [0.2, 0.25) is 11.8 Å².